The Morgan fingerprint density at radius 1 is 1.47 bits per heavy atom. The molecule has 0 spiro atoms. The van der Waals surface area contributed by atoms with Crippen LogP contribution in [0.5, 0.6) is 0 Å². The van der Waals surface area contributed by atoms with Crippen LogP contribution in [0.15, 0.2) is 21.7 Å². The number of aromatic amines is 1. The third-order valence-corrected chi connectivity index (χ3v) is 2.02. The fourth-order valence-electron chi connectivity index (χ4n) is 1.04. The topological polar surface area (TPSA) is 92.2 Å². The Morgan fingerprint density at radius 2 is 2.07 bits per heavy atom. The quantitative estimate of drug-likeness (QED) is 0.716. The van der Waals surface area contributed by atoms with Gasteiger partial charge in [0.1, 0.15) is 0 Å². The van der Waals surface area contributed by atoms with Gasteiger partial charge in [-0.15, -0.1) is 0 Å². The highest BCUT2D eigenvalue weighted by atomic mass is 16.4. The van der Waals surface area contributed by atoms with Gasteiger partial charge in [-0.2, -0.15) is 0 Å². The van der Waals surface area contributed by atoms with Crippen molar-refractivity contribution in [1.82, 2.24) is 9.78 Å². The van der Waals surface area contributed by atoms with E-state index in [2.05, 4.69) is 5.10 Å². The maximum atomic E-state index is 11.3. The molecule has 1 aromatic rings. The largest absolute Gasteiger partial charge is 0.481 e. The number of aromatic nitrogens is 2. The van der Waals surface area contributed by atoms with Gasteiger partial charge < -0.3 is 5.11 Å². The summed E-state index contributed by atoms with van der Waals surface area (Å²) in [6, 6.07) is 2.21. The Kier molecular flexibility index (Phi) is 2.78. The van der Waals surface area contributed by atoms with Crippen LogP contribution in [0.1, 0.15) is 13.8 Å². The molecule has 0 radical (unpaired) electrons. The summed E-state index contributed by atoms with van der Waals surface area (Å²) in [6.45, 7) is 2.89. The summed E-state index contributed by atoms with van der Waals surface area (Å²) < 4.78 is 0.996. The lowest BCUT2D eigenvalue weighted by molar-refractivity contribution is -0.147. The van der Waals surface area contributed by atoms with Gasteiger partial charge in [-0.1, -0.05) is 0 Å². The van der Waals surface area contributed by atoms with Gasteiger partial charge in [-0.05, 0) is 13.8 Å². The van der Waals surface area contributed by atoms with Crippen LogP contribution in [0, 0.1) is 5.41 Å². The van der Waals surface area contributed by atoms with E-state index in [1.807, 2.05) is 0 Å². The van der Waals surface area contributed by atoms with Crippen LogP contribution >= 0.6 is 0 Å². The van der Waals surface area contributed by atoms with E-state index in [1.165, 1.54) is 13.8 Å². The van der Waals surface area contributed by atoms with Crippen molar-refractivity contribution in [2.75, 3.05) is 0 Å². The fourth-order valence-corrected chi connectivity index (χ4v) is 1.04. The average Bonchev–Trinajstić information content (AvgIpc) is 2.10. The summed E-state index contributed by atoms with van der Waals surface area (Å²) in [5, 5.41) is 11.1. The Balaban J connectivity index is 3.10. The number of carboxylic acid groups (broad SMARTS) is 1. The third-order valence-electron chi connectivity index (χ3n) is 2.02. The van der Waals surface area contributed by atoms with Crippen molar-refractivity contribution in [3.63, 3.8) is 0 Å². The first-order valence-electron chi connectivity index (χ1n) is 4.36. The van der Waals surface area contributed by atoms with Gasteiger partial charge in [0.05, 0.1) is 12.0 Å². The number of hydrogen-bond acceptors (Lipinski definition) is 3. The predicted octanol–water partition coefficient (Wildman–Crippen LogP) is -0.353. The fraction of sp³-hybridized carbons (Fsp3) is 0.444. The normalized spacial score (nSPS) is 11.3. The van der Waals surface area contributed by atoms with Crippen molar-refractivity contribution >= 4 is 5.97 Å². The molecule has 6 heteroatoms. The molecule has 6 nitrogen and oxygen atoms in total. The molecule has 0 aliphatic carbocycles. The van der Waals surface area contributed by atoms with Crippen LogP contribution < -0.4 is 11.1 Å². The molecule has 15 heavy (non-hydrogen) atoms. The molecule has 0 saturated heterocycles. The summed E-state index contributed by atoms with van der Waals surface area (Å²) in [5.74, 6) is -1.03. The molecule has 0 amide bonds. The second kappa shape index (κ2) is 3.72. The zero-order valence-electron chi connectivity index (χ0n) is 8.48. The molecule has 0 aromatic carbocycles. The minimum Gasteiger partial charge on any atom is -0.481 e. The Morgan fingerprint density at radius 3 is 2.60 bits per heavy atom. The van der Waals surface area contributed by atoms with Crippen LogP contribution in [0.2, 0.25) is 0 Å². The van der Waals surface area contributed by atoms with Crippen molar-refractivity contribution < 1.29 is 9.90 Å². The van der Waals surface area contributed by atoms with E-state index in [0.29, 0.717) is 0 Å². The van der Waals surface area contributed by atoms with E-state index >= 15 is 0 Å². The first kappa shape index (κ1) is 11.2. The number of hydrogen-bond donors (Lipinski definition) is 2. The molecule has 82 valence electrons. The molecule has 0 atom stereocenters. The maximum Gasteiger partial charge on any atom is 0.310 e. The Hall–Kier alpha value is -1.85. The van der Waals surface area contributed by atoms with Crippen molar-refractivity contribution in [3.05, 3.63) is 32.8 Å². The number of rotatable bonds is 3. The highest BCUT2D eigenvalue weighted by Crippen LogP contribution is 2.16. The van der Waals surface area contributed by atoms with Crippen LogP contribution in [0.3, 0.4) is 0 Å². The van der Waals surface area contributed by atoms with Crippen LogP contribution in [0.4, 0.5) is 0 Å². The van der Waals surface area contributed by atoms with Crippen LogP contribution in [0.25, 0.3) is 0 Å². The SMILES string of the molecule is CC(C)(Cn1[nH]c(=O)ccc1=O)C(=O)O. The van der Waals surface area contributed by atoms with Crippen molar-refractivity contribution in [2.45, 2.75) is 20.4 Å². The monoisotopic (exact) mass is 212 g/mol. The lowest BCUT2D eigenvalue weighted by Crippen LogP contribution is -2.37. The van der Waals surface area contributed by atoms with Crippen LogP contribution in [-0.2, 0) is 11.3 Å². The number of carboxylic acids is 1. The van der Waals surface area contributed by atoms with Gasteiger partial charge in [0, 0.05) is 12.1 Å². The Labute approximate surface area is 85.2 Å². The second-order valence-electron chi connectivity index (χ2n) is 3.92. The van der Waals surface area contributed by atoms with Gasteiger partial charge in [0.25, 0.3) is 11.1 Å². The maximum absolute atomic E-state index is 11.3. The number of H-pyrrole nitrogens is 1. The molecule has 0 fully saturated rings. The molecule has 0 bridgehead atoms. The highest BCUT2D eigenvalue weighted by molar-refractivity contribution is 5.73. The molecular weight excluding hydrogens is 200 g/mol. The third kappa shape index (κ3) is 2.55. The molecule has 1 aromatic heterocycles. The minimum absolute atomic E-state index is 0.0722. The minimum atomic E-state index is -1.10. The molecule has 0 saturated carbocycles. The smallest absolute Gasteiger partial charge is 0.310 e. The van der Waals surface area contributed by atoms with Crippen molar-refractivity contribution in [1.29, 1.82) is 0 Å². The second-order valence-corrected chi connectivity index (χ2v) is 3.92. The van der Waals surface area contributed by atoms with E-state index in [-0.39, 0.29) is 6.54 Å². The van der Waals surface area contributed by atoms with Gasteiger partial charge in [-0.3, -0.25) is 19.5 Å². The van der Waals surface area contributed by atoms with E-state index in [0.717, 1.165) is 16.8 Å². The lowest BCUT2D eigenvalue weighted by atomic mass is 9.94. The number of nitrogens with one attached hydrogen (secondary N) is 1. The van der Waals surface area contributed by atoms with Gasteiger partial charge >= 0.3 is 5.97 Å². The van der Waals surface area contributed by atoms with E-state index < -0.39 is 22.5 Å². The zero-order chi connectivity index (χ0) is 11.6. The summed E-state index contributed by atoms with van der Waals surface area (Å²) in [5.41, 5.74) is -1.96. The average molecular weight is 212 g/mol. The molecule has 1 rings (SSSR count). The summed E-state index contributed by atoms with van der Waals surface area (Å²) in [6.07, 6.45) is 0. The first-order valence-corrected chi connectivity index (χ1v) is 4.36. The predicted molar refractivity (Wildman–Crippen MR) is 52.7 cm³/mol. The summed E-state index contributed by atoms with van der Waals surface area (Å²) in [4.78, 5) is 33.0. The molecule has 0 aliphatic heterocycles. The first-order chi connectivity index (χ1) is 6.83. The summed E-state index contributed by atoms with van der Waals surface area (Å²) >= 11 is 0. The van der Waals surface area contributed by atoms with Crippen LogP contribution in [-0.4, -0.2) is 20.9 Å². The number of carbonyl (C=O) groups is 1. The van der Waals surface area contributed by atoms with Crippen molar-refractivity contribution in [3.8, 4) is 0 Å². The standard InChI is InChI=1S/C9H12N2O4/c1-9(2,8(14)15)5-11-7(13)4-3-6(12)10-11/h3-4H,5H2,1-2H3,(H,10,12)(H,14,15). The van der Waals surface area contributed by atoms with Crippen molar-refractivity contribution in [2.24, 2.45) is 5.41 Å². The van der Waals surface area contributed by atoms with E-state index in [4.69, 9.17) is 5.11 Å². The Bertz CT molecular complexity index is 483. The van der Waals surface area contributed by atoms with Gasteiger partial charge in [-0.25, -0.2) is 4.68 Å². The molecule has 2 N–H and O–H groups in total. The number of nitrogens with zero attached hydrogens (tertiary/aromatic N) is 1. The number of aliphatic carboxylic acids is 1. The van der Waals surface area contributed by atoms with E-state index in [1.54, 1.807) is 0 Å². The zero-order valence-corrected chi connectivity index (χ0v) is 8.48. The molecular formula is C9H12N2O4. The van der Waals surface area contributed by atoms with Gasteiger partial charge in [0.15, 0.2) is 0 Å². The summed E-state index contributed by atoms with van der Waals surface area (Å²) in [7, 11) is 0. The molecule has 1 heterocycles. The van der Waals surface area contributed by atoms with E-state index in [9.17, 15) is 14.4 Å². The molecule has 0 unspecified atom stereocenters. The molecule has 0 aliphatic rings. The highest BCUT2D eigenvalue weighted by Gasteiger charge is 2.28. The van der Waals surface area contributed by atoms with Gasteiger partial charge in [0.2, 0.25) is 0 Å². The lowest BCUT2D eigenvalue weighted by Gasteiger charge is -2.19.